The van der Waals surface area contributed by atoms with Crippen molar-refractivity contribution >= 4 is 29.2 Å². The summed E-state index contributed by atoms with van der Waals surface area (Å²) in [5.74, 6) is -3.19. The minimum absolute atomic E-state index is 0.198. The number of epoxide rings is 1. The lowest BCUT2D eigenvalue weighted by Crippen LogP contribution is -2.46. The van der Waals surface area contributed by atoms with Crippen LogP contribution in [-0.2, 0) is 25.7 Å². The number of hydrogen-bond acceptors (Lipinski definition) is 9. The van der Waals surface area contributed by atoms with E-state index in [1.807, 2.05) is 0 Å². The summed E-state index contributed by atoms with van der Waals surface area (Å²) in [6, 6.07) is 0. The molecule has 0 bridgehead atoms. The number of Topliss-reactive ketones (excluding diaryl/α,β-unsaturated/α-hetero) is 1. The molecule has 2 saturated heterocycles. The van der Waals surface area contributed by atoms with Gasteiger partial charge in [-0.2, -0.15) is 13.2 Å². The largest absolute Gasteiger partial charge is 0.458 e. The van der Waals surface area contributed by atoms with Crippen molar-refractivity contribution in [2.24, 2.45) is 29.1 Å². The fraction of sp³-hybridized carbons (Fsp3) is 0.750. The fourth-order valence-electron chi connectivity index (χ4n) is 6.09. The number of aliphatic hydroxyl groups is 3. The van der Waals surface area contributed by atoms with E-state index >= 15 is 0 Å². The van der Waals surface area contributed by atoms with E-state index in [0.29, 0.717) is 22.7 Å². The Hall–Kier alpha value is -1.86. The number of alkyl halides is 3. The zero-order valence-corrected chi connectivity index (χ0v) is 24.1. The van der Waals surface area contributed by atoms with Gasteiger partial charge in [-0.05, 0) is 49.2 Å². The van der Waals surface area contributed by atoms with Gasteiger partial charge in [0.25, 0.3) is 0 Å². The van der Waals surface area contributed by atoms with Crippen molar-refractivity contribution in [3.8, 4) is 0 Å². The fourth-order valence-corrected chi connectivity index (χ4v) is 6.70. The number of aromatic nitrogens is 1. The number of cyclic esters (lactones) is 1. The van der Waals surface area contributed by atoms with Crippen molar-refractivity contribution in [3.63, 3.8) is 0 Å². The molecule has 0 radical (unpaired) electrons. The van der Waals surface area contributed by atoms with Crippen LogP contribution in [0.2, 0.25) is 0 Å². The summed E-state index contributed by atoms with van der Waals surface area (Å²) in [7, 11) is 0. The maximum atomic E-state index is 14.4. The Morgan fingerprint density at radius 1 is 1.23 bits per heavy atom. The lowest BCUT2D eigenvalue weighted by Gasteiger charge is -2.34. The average molecular weight is 590 g/mol. The molecule has 4 rings (SSSR count). The molecule has 1 saturated carbocycles. The van der Waals surface area contributed by atoms with Gasteiger partial charge in [-0.1, -0.05) is 27.7 Å². The van der Waals surface area contributed by atoms with Crippen LogP contribution in [-0.4, -0.2) is 68.2 Å². The van der Waals surface area contributed by atoms with Crippen LogP contribution < -0.4 is 0 Å². The zero-order chi connectivity index (χ0) is 29.8. The highest BCUT2D eigenvalue weighted by atomic mass is 32.1. The van der Waals surface area contributed by atoms with E-state index in [1.165, 1.54) is 25.2 Å². The van der Waals surface area contributed by atoms with Gasteiger partial charge in [0.1, 0.15) is 23.0 Å². The number of ketones is 1. The van der Waals surface area contributed by atoms with E-state index in [-0.39, 0.29) is 31.3 Å². The van der Waals surface area contributed by atoms with Gasteiger partial charge in [0.05, 0.1) is 36.3 Å². The molecule has 1 aromatic heterocycles. The summed E-state index contributed by atoms with van der Waals surface area (Å²) in [6.45, 7) is 7.63. The molecule has 12 heteroatoms. The highest BCUT2D eigenvalue weighted by Gasteiger charge is 2.74. The summed E-state index contributed by atoms with van der Waals surface area (Å²) in [6.07, 6.45) is -8.58. The molecule has 0 aromatic carbocycles. The number of nitrogens with zero attached hydrogens (tertiary/aromatic N) is 1. The highest BCUT2D eigenvalue weighted by molar-refractivity contribution is 7.09. The molecule has 3 heterocycles. The molecule has 2 aliphatic heterocycles. The number of esters is 1. The van der Waals surface area contributed by atoms with E-state index in [0.717, 1.165) is 0 Å². The molecule has 3 fully saturated rings. The Balaban J connectivity index is 1.66. The first-order valence-corrected chi connectivity index (χ1v) is 14.5. The lowest BCUT2D eigenvalue weighted by molar-refractivity contribution is -0.187. The van der Waals surface area contributed by atoms with E-state index < -0.39 is 71.6 Å². The normalized spacial score (nSPS) is 39.2. The van der Waals surface area contributed by atoms with E-state index in [1.54, 1.807) is 32.2 Å². The number of thiazole rings is 1. The highest BCUT2D eigenvalue weighted by Crippen LogP contribution is 2.61. The van der Waals surface area contributed by atoms with Gasteiger partial charge in [0, 0.05) is 17.7 Å². The summed E-state index contributed by atoms with van der Waals surface area (Å²) in [5, 5.41) is 33.3. The van der Waals surface area contributed by atoms with Crippen molar-refractivity contribution < 1.29 is 47.6 Å². The number of fused-ring (bicyclic) bond motifs is 2. The standard InChI is InChI=1S/C28H38F3NO7S/c1-13(6-17-12-40-22(11-33)32-17)19-8-21-27(39-21,28(29,30)31)10-16-7-18(16)14(2)24(36)15(3)25(37)26(4,5)20(34)9-23(35)38-19/h6,12,14-16,18-21,24,33-34,36H,7-11H2,1-5H3/b13-6+/t14-,15+,16+,18-,19-,20-,21-,24-,27+/m0/s1. The molecule has 0 unspecified atom stereocenters. The van der Waals surface area contributed by atoms with Gasteiger partial charge in [-0.3, -0.25) is 9.59 Å². The summed E-state index contributed by atoms with van der Waals surface area (Å²) in [5.41, 5.74) is -2.88. The smallest absolute Gasteiger partial charge is 0.420 e. The second-order valence-corrected chi connectivity index (χ2v) is 13.2. The van der Waals surface area contributed by atoms with Crippen LogP contribution >= 0.6 is 11.3 Å². The summed E-state index contributed by atoms with van der Waals surface area (Å²) in [4.78, 5) is 30.5. The second-order valence-electron chi connectivity index (χ2n) is 12.2. The minimum Gasteiger partial charge on any atom is -0.458 e. The van der Waals surface area contributed by atoms with Gasteiger partial charge in [0.2, 0.25) is 0 Å². The molecular formula is C28H38F3NO7S. The molecule has 1 aromatic rings. The Bertz CT molecular complexity index is 1150. The maximum absolute atomic E-state index is 14.4. The lowest BCUT2D eigenvalue weighted by atomic mass is 9.72. The number of ether oxygens (including phenoxy) is 2. The second kappa shape index (κ2) is 11.1. The Labute approximate surface area is 235 Å². The van der Waals surface area contributed by atoms with Crippen molar-refractivity contribution in [1.29, 1.82) is 0 Å². The third-order valence-corrected chi connectivity index (χ3v) is 9.95. The number of rotatable bonds is 3. The predicted octanol–water partition coefficient (Wildman–Crippen LogP) is 4.06. The molecule has 9 atom stereocenters. The molecule has 1 aliphatic carbocycles. The minimum atomic E-state index is -4.65. The summed E-state index contributed by atoms with van der Waals surface area (Å²) >= 11 is 1.21. The van der Waals surface area contributed by atoms with Gasteiger partial charge in [-0.15, -0.1) is 11.3 Å². The predicted molar refractivity (Wildman–Crippen MR) is 140 cm³/mol. The van der Waals surface area contributed by atoms with Crippen molar-refractivity contribution in [3.05, 3.63) is 21.7 Å². The first-order chi connectivity index (χ1) is 18.5. The van der Waals surface area contributed by atoms with Crippen LogP contribution in [0, 0.1) is 29.1 Å². The van der Waals surface area contributed by atoms with Crippen LogP contribution in [0.3, 0.4) is 0 Å². The Morgan fingerprint density at radius 2 is 1.90 bits per heavy atom. The van der Waals surface area contributed by atoms with E-state index in [2.05, 4.69) is 4.98 Å². The van der Waals surface area contributed by atoms with Crippen molar-refractivity contribution in [2.75, 3.05) is 0 Å². The average Bonchev–Trinajstić information content (AvgIpc) is 3.75. The Morgan fingerprint density at radius 3 is 2.50 bits per heavy atom. The van der Waals surface area contributed by atoms with Gasteiger partial charge < -0.3 is 24.8 Å². The first kappa shape index (κ1) is 31.1. The maximum Gasteiger partial charge on any atom is 0.420 e. The van der Waals surface area contributed by atoms with Crippen LogP contribution in [0.25, 0.3) is 6.08 Å². The van der Waals surface area contributed by atoms with Crippen LogP contribution in [0.4, 0.5) is 13.2 Å². The quantitative estimate of drug-likeness (QED) is 0.356. The van der Waals surface area contributed by atoms with Crippen LogP contribution in [0.5, 0.6) is 0 Å². The number of hydrogen-bond donors (Lipinski definition) is 3. The number of aliphatic hydroxyl groups excluding tert-OH is 3. The van der Waals surface area contributed by atoms with Crippen LogP contribution in [0.1, 0.15) is 71.0 Å². The monoisotopic (exact) mass is 589 g/mol. The molecule has 0 spiro atoms. The molecule has 224 valence electrons. The van der Waals surface area contributed by atoms with Gasteiger partial charge >= 0.3 is 12.1 Å². The number of halogens is 3. The molecular weight excluding hydrogens is 551 g/mol. The Kier molecular flexibility index (Phi) is 8.62. The van der Waals surface area contributed by atoms with Crippen LogP contribution in [0.15, 0.2) is 11.0 Å². The summed E-state index contributed by atoms with van der Waals surface area (Å²) < 4.78 is 54.1. The van der Waals surface area contributed by atoms with E-state index in [4.69, 9.17) is 9.47 Å². The molecule has 3 N–H and O–H groups in total. The van der Waals surface area contributed by atoms with Gasteiger partial charge in [0.15, 0.2) is 5.60 Å². The molecule has 3 aliphatic rings. The topological polar surface area (TPSA) is 129 Å². The number of carbonyl (C=O) groups is 2. The van der Waals surface area contributed by atoms with E-state index in [9.17, 15) is 38.1 Å². The van der Waals surface area contributed by atoms with Crippen molar-refractivity contribution in [1.82, 2.24) is 4.98 Å². The third-order valence-electron chi connectivity index (χ3n) is 9.10. The molecule has 40 heavy (non-hydrogen) atoms. The first-order valence-electron chi connectivity index (χ1n) is 13.6. The van der Waals surface area contributed by atoms with Gasteiger partial charge in [-0.25, -0.2) is 4.98 Å². The SMILES string of the molecule is C/C(=C\c1csc(CO)n1)[C@@H]1C[C@@H]2O[C@]2(C(F)(F)F)C[C@H]2C[C@H]2[C@H](C)[C@H](O)[C@@H](C)C(=O)C(C)(C)[C@@H](O)CC(=O)O1. The molecule has 0 amide bonds. The van der Waals surface area contributed by atoms with Crippen molar-refractivity contribution in [2.45, 2.75) is 103 Å². The number of carbonyl (C=O) groups excluding carboxylic acids is 2. The molecule has 8 nitrogen and oxygen atoms in total. The zero-order valence-electron chi connectivity index (χ0n) is 23.3. The third kappa shape index (κ3) is 6.01.